The van der Waals surface area contributed by atoms with Gasteiger partial charge in [-0.1, -0.05) is 25.2 Å². The molecule has 1 unspecified atom stereocenters. The van der Waals surface area contributed by atoms with Crippen LogP contribution in [0.2, 0.25) is 0 Å². The van der Waals surface area contributed by atoms with Crippen LogP contribution >= 0.6 is 0 Å². The zero-order valence-electron chi connectivity index (χ0n) is 18.3. The largest absolute Gasteiger partial charge is 0.403 e. The van der Waals surface area contributed by atoms with Crippen molar-refractivity contribution >= 4 is 5.91 Å². The van der Waals surface area contributed by atoms with Gasteiger partial charge in [-0.2, -0.15) is 0 Å². The Bertz CT molecular complexity index is 460. The number of hydrogen-bond donors (Lipinski definition) is 2. The molecule has 0 radical (unpaired) electrons. The number of nitrogens with one attached hydrogen (secondary N) is 1. The molecule has 0 aliphatic carbocycles. The Hall–Kier alpha value is -1.63. The highest BCUT2D eigenvalue weighted by molar-refractivity contribution is 5.79. The van der Waals surface area contributed by atoms with Crippen molar-refractivity contribution in [3.05, 3.63) is 36.2 Å². The minimum Gasteiger partial charge on any atom is -0.403 e. The third kappa shape index (κ3) is 12.7. The average Bonchev–Trinajstić information content (AvgIpc) is 3.31. The summed E-state index contributed by atoms with van der Waals surface area (Å²) in [5, 5.41) is 3.22. The molecule has 3 N–H and O–H groups in total. The molecule has 1 atom stereocenters. The average molecular weight is 396 g/mol. The second kappa shape index (κ2) is 18.7. The standard InChI is InChI=1S/C14H24N2O3.C4H9N.C4H8/c1-3-8-19-13-6-7-16(14(17)10-13)12(11-15)5-4-9-18-2;1-2-4-5-3-1;1-3-4-2/h4-5,11,13H,3,6-10,15H2,1-2H3;5H,1-4H2;3-4H,1-2H3/b5-4-,12-11+;;4-3-. The predicted molar refractivity (Wildman–Crippen MR) is 117 cm³/mol. The van der Waals surface area contributed by atoms with E-state index in [1.165, 1.54) is 32.1 Å². The van der Waals surface area contributed by atoms with E-state index in [1.807, 2.05) is 38.2 Å². The van der Waals surface area contributed by atoms with E-state index in [1.54, 1.807) is 12.0 Å². The summed E-state index contributed by atoms with van der Waals surface area (Å²) in [6.45, 7) is 10.4. The van der Waals surface area contributed by atoms with Crippen molar-refractivity contribution in [1.29, 1.82) is 0 Å². The number of rotatable bonds is 7. The van der Waals surface area contributed by atoms with Crippen LogP contribution in [-0.4, -0.2) is 56.9 Å². The number of hydrogen-bond acceptors (Lipinski definition) is 5. The van der Waals surface area contributed by atoms with Gasteiger partial charge in [-0.15, -0.1) is 0 Å². The van der Waals surface area contributed by atoms with Crippen LogP contribution < -0.4 is 11.1 Å². The van der Waals surface area contributed by atoms with Crippen molar-refractivity contribution in [1.82, 2.24) is 10.2 Å². The molecule has 0 aromatic rings. The molecule has 0 aromatic carbocycles. The summed E-state index contributed by atoms with van der Waals surface area (Å²) in [6, 6.07) is 0. The molecule has 28 heavy (non-hydrogen) atoms. The smallest absolute Gasteiger partial charge is 0.229 e. The number of methoxy groups -OCH3 is 1. The Morgan fingerprint density at radius 3 is 2.39 bits per heavy atom. The highest BCUT2D eigenvalue weighted by Gasteiger charge is 2.27. The van der Waals surface area contributed by atoms with E-state index in [-0.39, 0.29) is 12.0 Å². The number of nitrogens with zero attached hydrogens (tertiary/aromatic N) is 1. The summed E-state index contributed by atoms with van der Waals surface area (Å²) >= 11 is 0. The molecular weight excluding hydrogens is 354 g/mol. The van der Waals surface area contributed by atoms with E-state index < -0.39 is 0 Å². The Labute approximate surface area is 171 Å². The molecule has 1 amide bonds. The van der Waals surface area contributed by atoms with Crippen LogP contribution in [0.1, 0.15) is 52.9 Å². The third-order valence-corrected chi connectivity index (χ3v) is 4.26. The van der Waals surface area contributed by atoms with Crippen LogP contribution in [0.25, 0.3) is 0 Å². The number of ether oxygens (including phenoxy) is 2. The molecule has 0 spiro atoms. The molecule has 2 heterocycles. The molecule has 162 valence electrons. The quantitative estimate of drug-likeness (QED) is 0.511. The first-order chi connectivity index (χ1) is 13.6. The Kier molecular flexibility index (Phi) is 17.6. The summed E-state index contributed by atoms with van der Waals surface area (Å²) in [6.07, 6.45) is 14.2. The highest BCUT2D eigenvalue weighted by Crippen LogP contribution is 2.19. The summed E-state index contributed by atoms with van der Waals surface area (Å²) in [4.78, 5) is 13.8. The fourth-order valence-electron chi connectivity index (χ4n) is 2.63. The molecule has 2 rings (SSSR count). The van der Waals surface area contributed by atoms with E-state index in [0.29, 0.717) is 26.2 Å². The lowest BCUT2D eigenvalue weighted by Crippen LogP contribution is -2.41. The normalized spacial score (nSPS) is 20.1. The van der Waals surface area contributed by atoms with Gasteiger partial charge in [0.05, 0.1) is 24.8 Å². The maximum atomic E-state index is 12.1. The van der Waals surface area contributed by atoms with Crippen LogP contribution in [0.5, 0.6) is 0 Å². The minimum absolute atomic E-state index is 0.0469. The Morgan fingerprint density at radius 2 is 1.96 bits per heavy atom. The number of piperidine rings is 1. The lowest BCUT2D eigenvalue weighted by Gasteiger charge is -2.32. The van der Waals surface area contributed by atoms with E-state index in [0.717, 1.165) is 18.5 Å². The summed E-state index contributed by atoms with van der Waals surface area (Å²) in [5.74, 6) is 0.0612. The molecule has 6 nitrogen and oxygen atoms in total. The third-order valence-electron chi connectivity index (χ3n) is 4.26. The topological polar surface area (TPSA) is 76.8 Å². The zero-order valence-corrected chi connectivity index (χ0v) is 18.3. The van der Waals surface area contributed by atoms with Crippen molar-refractivity contribution < 1.29 is 14.3 Å². The number of likely N-dealkylation sites (tertiary alicyclic amines) is 1. The van der Waals surface area contributed by atoms with Crippen molar-refractivity contribution in [2.75, 3.05) is 40.0 Å². The van der Waals surface area contributed by atoms with Gasteiger partial charge in [0.15, 0.2) is 0 Å². The minimum atomic E-state index is 0.0469. The van der Waals surface area contributed by atoms with E-state index in [4.69, 9.17) is 15.2 Å². The maximum Gasteiger partial charge on any atom is 0.229 e. The Morgan fingerprint density at radius 1 is 1.29 bits per heavy atom. The lowest BCUT2D eigenvalue weighted by molar-refractivity contribution is -0.136. The van der Waals surface area contributed by atoms with Gasteiger partial charge >= 0.3 is 0 Å². The Balaban J connectivity index is 0.000000662. The molecule has 2 aliphatic heterocycles. The van der Waals surface area contributed by atoms with Crippen LogP contribution in [0.3, 0.4) is 0 Å². The van der Waals surface area contributed by atoms with E-state index in [2.05, 4.69) is 12.2 Å². The van der Waals surface area contributed by atoms with Crippen LogP contribution in [0, 0.1) is 0 Å². The summed E-state index contributed by atoms with van der Waals surface area (Å²) in [5.41, 5.74) is 6.30. The van der Waals surface area contributed by atoms with Crippen molar-refractivity contribution in [3.8, 4) is 0 Å². The maximum absolute atomic E-state index is 12.1. The second-order valence-electron chi connectivity index (χ2n) is 6.60. The predicted octanol–water partition coefficient (Wildman–Crippen LogP) is 3.36. The first-order valence-corrected chi connectivity index (χ1v) is 10.4. The highest BCUT2D eigenvalue weighted by atomic mass is 16.5. The van der Waals surface area contributed by atoms with E-state index in [9.17, 15) is 4.79 Å². The van der Waals surface area contributed by atoms with Crippen LogP contribution in [0.15, 0.2) is 36.2 Å². The number of amides is 1. The molecule has 0 bridgehead atoms. The molecule has 2 aliphatic rings. The van der Waals surface area contributed by atoms with Gasteiger partial charge in [0, 0.05) is 26.5 Å². The fourth-order valence-corrected chi connectivity index (χ4v) is 2.63. The SMILES string of the molecule is C/C=C\C.C1CCNC1.CCCOC1CCN(C(/C=C\COC)=C/N)C(=O)C1. The molecule has 0 saturated carbocycles. The monoisotopic (exact) mass is 395 g/mol. The van der Waals surface area contributed by atoms with Crippen molar-refractivity contribution in [3.63, 3.8) is 0 Å². The van der Waals surface area contributed by atoms with Crippen LogP contribution in [-0.2, 0) is 14.3 Å². The number of carbonyl (C=O) groups is 1. The molecule has 0 aromatic heterocycles. The van der Waals surface area contributed by atoms with Gasteiger partial charge in [0.25, 0.3) is 0 Å². The number of carbonyl (C=O) groups excluding carboxylic acids is 1. The number of nitrogens with two attached hydrogens (primary N) is 1. The van der Waals surface area contributed by atoms with Crippen molar-refractivity contribution in [2.45, 2.75) is 59.0 Å². The number of allylic oxidation sites excluding steroid dienone is 3. The molecule has 6 heteroatoms. The first kappa shape index (κ1) is 26.4. The second-order valence-corrected chi connectivity index (χ2v) is 6.60. The van der Waals surface area contributed by atoms with Gasteiger partial charge in [0.2, 0.25) is 5.91 Å². The molecule has 2 saturated heterocycles. The van der Waals surface area contributed by atoms with Crippen LogP contribution in [0.4, 0.5) is 0 Å². The van der Waals surface area contributed by atoms with Gasteiger partial charge in [-0.25, -0.2) is 0 Å². The molecule has 2 fully saturated rings. The van der Waals surface area contributed by atoms with Gasteiger partial charge in [-0.3, -0.25) is 4.79 Å². The first-order valence-electron chi connectivity index (χ1n) is 10.4. The van der Waals surface area contributed by atoms with Gasteiger partial charge in [-0.05, 0) is 58.7 Å². The van der Waals surface area contributed by atoms with Gasteiger partial charge in [0.1, 0.15) is 0 Å². The lowest BCUT2D eigenvalue weighted by atomic mass is 10.1. The summed E-state index contributed by atoms with van der Waals surface area (Å²) < 4.78 is 10.6. The summed E-state index contributed by atoms with van der Waals surface area (Å²) in [7, 11) is 1.62. The fraction of sp³-hybridized carbons (Fsp3) is 0.682. The molecular formula is C22H41N3O3. The van der Waals surface area contributed by atoms with Crippen molar-refractivity contribution in [2.24, 2.45) is 5.73 Å². The van der Waals surface area contributed by atoms with Gasteiger partial charge < -0.3 is 25.4 Å². The zero-order chi connectivity index (χ0) is 21.0. The van der Waals surface area contributed by atoms with E-state index >= 15 is 0 Å².